The van der Waals surface area contributed by atoms with Crippen LogP contribution >= 0.6 is 0 Å². The third kappa shape index (κ3) is 0.878. The molecule has 1 unspecified atom stereocenters. The van der Waals surface area contributed by atoms with Crippen molar-refractivity contribution in [3.8, 4) is 0 Å². The molecule has 0 aromatic heterocycles. The summed E-state index contributed by atoms with van der Waals surface area (Å²) in [6.45, 7) is 5.16. The van der Waals surface area contributed by atoms with Gasteiger partial charge in [-0.15, -0.1) is 0 Å². The van der Waals surface area contributed by atoms with Gasteiger partial charge in [0, 0.05) is 13.1 Å². The minimum atomic E-state index is 1.01. The van der Waals surface area contributed by atoms with Crippen LogP contribution in [0.3, 0.4) is 0 Å². The van der Waals surface area contributed by atoms with Gasteiger partial charge in [-0.05, 0) is 31.2 Å². The first-order valence-electron chi connectivity index (χ1n) is 4.46. The van der Waals surface area contributed by atoms with E-state index in [-0.39, 0.29) is 0 Å². The van der Waals surface area contributed by atoms with E-state index >= 15 is 0 Å². The quantitative estimate of drug-likeness (QED) is 0.492. The molecular weight excluding hydrogens is 122 g/mol. The van der Waals surface area contributed by atoms with Crippen LogP contribution in [0.1, 0.15) is 19.8 Å². The van der Waals surface area contributed by atoms with Gasteiger partial charge in [0.2, 0.25) is 0 Å². The number of likely N-dealkylation sites (tertiary alicyclic amines) is 1. The van der Waals surface area contributed by atoms with Gasteiger partial charge in [-0.1, -0.05) is 13.3 Å². The molecule has 3 atom stereocenters. The van der Waals surface area contributed by atoms with E-state index in [2.05, 4.69) is 18.9 Å². The fraction of sp³-hybridized carbons (Fsp3) is 1.00. The average Bonchev–Trinajstić information content (AvgIpc) is 2.35. The summed E-state index contributed by atoms with van der Waals surface area (Å²) in [4.78, 5) is 2.49. The number of rotatable bonds is 0. The van der Waals surface area contributed by atoms with Crippen LogP contribution < -0.4 is 0 Å². The zero-order valence-corrected chi connectivity index (χ0v) is 7.01. The van der Waals surface area contributed by atoms with E-state index in [0.717, 1.165) is 17.8 Å². The largest absolute Gasteiger partial charge is 0.306 e. The Morgan fingerprint density at radius 2 is 2.00 bits per heavy atom. The molecule has 1 saturated carbocycles. The van der Waals surface area contributed by atoms with Crippen molar-refractivity contribution in [1.82, 2.24) is 4.90 Å². The second-order valence-corrected chi connectivity index (χ2v) is 4.20. The first-order chi connectivity index (χ1) is 4.77. The Kier molecular flexibility index (Phi) is 1.48. The van der Waals surface area contributed by atoms with Gasteiger partial charge in [0.15, 0.2) is 0 Å². The van der Waals surface area contributed by atoms with Crippen molar-refractivity contribution in [2.75, 3.05) is 20.1 Å². The zero-order valence-electron chi connectivity index (χ0n) is 7.01. The Morgan fingerprint density at radius 3 is 2.70 bits per heavy atom. The highest BCUT2D eigenvalue weighted by molar-refractivity contribution is 4.90. The molecule has 1 aliphatic carbocycles. The number of hydrogen-bond acceptors (Lipinski definition) is 1. The standard InChI is InChI=1S/C9H17N/c1-7-3-4-8-5-10(2)6-9(7)8/h7-9H,3-6H2,1-2H3/t7-,8+,9?/m1/s1. The van der Waals surface area contributed by atoms with Crippen molar-refractivity contribution in [2.45, 2.75) is 19.8 Å². The van der Waals surface area contributed by atoms with Crippen molar-refractivity contribution in [3.05, 3.63) is 0 Å². The van der Waals surface area contributed by atoms with Gasteiger partial charge in [0.05, 0.1) is 0 Å². The minimum absolute atomic E-state index is 1.01. The summed E-state index contributed by atoms with van der Waals surface area (Å²) in [6, 6.07) is 0. The summed E-state index contributed by atoms with van der Waals surface area (Å²) in [6.07, 6.45) is 2.99. The molecule has 1 heterocycles. The molecule has 0 N–H and O–H groups in total. The van der Waals surface area contributed by atoms with Crippen LogP contribution in [-0.2, 0) is 0 Å². The van der Waals surface area contributed by atoms with Crippen LogP contribution in [0, 0.1) is 17.8 Å². The molecule has 0 aromatic rings. The summed E-state index contributed by atoms with van der Waals surface area (Å²) < 4.78 is 0. The van der Waals surface area contributed by atoms with Gasteiger partial charge in [0.25, 0.3) is 0 Å². The van der Waals surface area contributed by atoms with E-state index in [1.165, 1.54) is 25.9 Å². The van der Waals surface area contributed by atoms with E-state index in [0.29, 0.717) is 0 Å². The Labute approximate surface area is 63.4 Å². The summed E-state index contributed by atoms with van der Waals surface area (Å²) in [7, 11) is 2.26. The van der Waals surface area contributed by atoms with Crippen LogP contribution in [0.4, 0.5) is 0 Å². The predicted molar refractivity (Wildman–Crippen MR) is 42.9 cm³/mol. The van der Waals surface area contributed by atoms with Crippen LogP contribution in [0.2, 0.25) is 0 Å². The minimum Gasteiger partial charge on any atom is -0.306 e. The van der Waals surface area contributed by atoms with Gasteiger partial charge >= 0.3 is 0 Å². The number of nitrogens with zero attached hydrogens (tertiary/aromatic N) is 1. The van der Waals surface area contributed by atoms with E-state index in [9.17, 15) is 0 Å². The van der Waals surface area contributed by atoms with Gasteiger partial charge in [-0.25, -0.2) is 0 Å². The lowest BCUT2D eigenvalue weighted by Gasteiger charge is -2.12. The van der Waals surface area contributed by atoms with Gasteiger partial charge in [-0.3, -0.25) is 0 Å². The third-order valence-electron chi connectivity index (χ3n) is 3.40. The van der Waals surface area contributed by atoms with E-state index in [4.69, 9.17) is 0 Å². The fourth-order valence-corrected chi connectivity index (χ4v) is 2.76. The van der Waals surface area contributed by atoms with E-state index < -0.39 is 0 Å². The zero-order chi connectivity index (χ0) is 7.14. The third-order valence-corrected chi connectivity index (χ3v) is 3.40. The molecule has 1 aliphatic heterocycles. The lowest BCUT2D eigenvalue weighted by atomic mass is 9.94. The van der Waals surface area contributed by atoms with Gasteiger partial charge < -0.3 is 4.90 Å². The molecule has 1 saturated heterocycles. The Balaban J connectivity index is 2.05. The summed E-state index contributed by atoms with van der Waals surface area (Å²) in [5.41, 5.74) is 0. The van der Waals surface area contributed by atoms with E-state index in [1.54, 1.807) is 0 Å². The SMILES string of the molecule is C[C@@H]1CC[C@H]2CN(C)CC21. The molecule has 0 amide bonds. The molecule has 0 aromatic carbocycles. The van der Waals surface area contributed by atoms with Crippen molar-refractivity contribution >= 4 is 0 Å². The Bertz CT molecular complexity index is 133. The van der Waals surface area contributed by atoms with Crippen molar-refractivity contribution in [2.24, 2.45) is 17.8 Å². The molecular formula is C9H17N. The predicted octanol–water partition coefficient (Wildman–Crippen LogP) is 1.59. The summed E-state index contributed by atoms with van der Waals surface area (Å²) in [5.74, 6) is 3.11. The topological polar surface area (TPSA) is 3.24 Å². The molecule has 58 valence electrons. The number of fused-ring (bicyclic) bond motifs is 1. The fourth-order valence-electron chi connectivity index (χ4n) is 2.76. The first-order valence-corrected chi connectivity index (χ1v) is 4.46. The maximum absolute atomic E-state index is 2.49. The normalized spacial score (nSPS) is 48.0. The van der Waals surface area contributed by atoms with Crippen LogP contribution in [0.5, 0.6) is 0 Å². The Hall–Kier alpha value is -0.0400. The molecule has 0 bridgehead atoms. The maximum atomic E-state index is 2.49. The smallest absolute Gasteiger partial charge is 0.00124 e. The van der Waals surface area contributed by atoms with Crippen molar-refractivity contribution < 1.29 is 0 Å². The maximum Gasteiger partial charge on any atom is 0.00124 e. The molecule has 0 spiro atoms. The molecule has 2 aliphatic rings. The highest BCUT2D eigenvalue weighted by Gasteiger charge is 2.38. The van der Waals surface area contributed by atoms with Crippen molar-refractivity contribution in [1.29, 1.82) is 0 Å². The van der Waals surface area contributed by atoms with Gasteiger partial charge in [-0.2, -0.15) is 0 Å². The molecule has 2 fully saturated rings. The molecule has 0 radical (unpaired) electrons. The Morgan fingerprint density at radius 1 is 1.20 bits per heavy atom. The monoisotopic (exact) mass is 139 g/mol. The number of hydrogen-bond donors (Lipinski definition) is 0. The summed E-state index contributed by atoms with van der Waals surface area (Å²) >= 11 is 0. The second-order valence-electron chi connectivity index (χ2n) is 4.20. The highest BCUT2D eigenvalue weighted by Crippen LogP contribution is 2.41. The van der Waals surface area contributed by atoms with Crippen LogP contribution in [0.15, 0.2) is 0 Å². The average molecular weight is 139 g/mol. The second kappa shape index (κ2) is 2.23. The van der Waals surface area contributed by atoms with Crippen LogP contribution in [-0.4, -0.2) is 25.0 Å². The highest BCUT2D eigenvalue weighted by atomic mass is 15.1. The van der Waals surface area contributed by atoms with Crippen LogP contribution in [0.25, 0.3) is 0 Å². The summed E-state index contributed by atoms with van der Waals surface area (Å²) in [5, 5.41) is 0. The lowest BCUT2D eigenvalue weighted by molar-refractivity contribution is 0.347. The lowest BCUT2D eigenvalue weighted by Crippen LogP contribution is -2.16. The van der Waals surface area contributed by atoms with Crippen molar-refractivity contribution in [3.63, 3.8) is 0 Å². The molecule has 10 heavy (non-hydrogen) atoms. The molecule has 2 rings (SSSR count). The van der Waals surface area contributed by atoms with E-state index in [1.807, 2.05) is 0 Å². The van der Waals surface area contributed by atoms with Gasteiger partial charge in [0.1, 0.15) is 0 Å². The molecule has 1 heteroatoms. The molecule has 1 nitrogen and oxygen atoms in total. The first kappa shape index (κ1) is 6.66.